The molecule has 3 aromatic rings. The molecule has 0 aliphatic rings. The normalized spacial score (nSPS) is 10.7. The number of carboxylic acids is 1. The van der Waals surface area contributed by atoms with Crippen molar-refractivity contribution in [2.45, 2.75) is 19.4 Å². The number of hydrogen-bond acceptors (Lipinski definition) is 4. The number of aromatic nitrogens is 2. The van der Waals surface area contributed by atoms with Crippen LogP contribution >= 0.6 is 11.6 Å². The third-order valence-electron chi connectivity index (χ3n) is 3.94. The molecule has 138 valence electrons. The van der Waals surface area contributed by atoms with Gasteiger partial charge in [0.15, 0.2) is 0 Å². The fraction of sp³-hybridized carbons (Fsp3) is 0.158. The lowest BCUT2D eigenvalue weighted by atomic mass is 10.2. The number of hydrogen-bond donors (Lipinski definition) is 2. The number of carbonyl (C=O) groups excluding carboxylic acids is 1. The number of anilines is 1. The second-order valence-corrected chi connectivity index (χ2v) is 6.41. The molecule has 1 amide bonds. The van der Waals surface area contributed by atoms with E-state index in [-0.39, 0.29) is 18.4 Å². The molecule has 0 bridgehead atoms. The summed E-state index contributed by atoms with van der Waals surface area (Å²) in [4.78, 5) is 39.4. The number of nitrogens with one attached hydrogen (secondary N) is 1. The van der Waals surface area contributed by atoms with Crippen molar-refractivity contribution in [3.8, 4) is 0 Å². The van der Waals surface area contributed by atoms with Crippen LogP contribution in [0.25, 0.3) is 10.9 Å². The molecule has 0 radical (unpaired) electrons. The summed E-state index contributed by atoms with van der Waals surface area (Å²) in [6, 6.07) is 12.0. The van der Waals surface area contributed by atoms with Crippen LogP contribution in [0.1, 0.15) is 18.4 Å². The zero-order valence-corrected chi connectivity index (χ0v) is 14.9. The summed E-state index contributed by atoms with van der Waals surface area (Å²) in [7, 11) is 0. The SMILES string of the molecule is O=C(O)CCC(=O)Nc1ccc2ncn(Cc3ccc(Cl)cc3)c(=O)c2c1. The Balaban J connectivity index is 1.85. The van der Waals surface area contributed by atoms with Crippen LogP contribution in [0.3, 0.4) is 0 Å². The molecule has 0 aliphatic carbocycles. The Morgan fingerprint density at radius 3 is 2.56 bits per heavy atom. The minimum Gasteiger partial charge on any atom is -0.481 e. The quantitative estimate of drug-likeness (QED) is 0.679. The van der Waals surface area contributed by atoms with E-state index in [4.69, 9.17) is 16.7 Å². The maximum absolute atomic E-state index is 12.8. The lowest BCUT2D eigenvalue weighted by Gasteiger charge is -2.09. The predicted octanol–water partition coefficient (Wildman–Crippen LogP) is 2.90. The van der Waals surface area contributed by atoms with E-state index in [1.807, 2.05) is 12.1 Å². The van der Waals surface area contributed by atoms with Crippen molar-refractivity contribution < 1.29 is 14.7 Å². The minimum absolute atomic E-state index is 0.138. The molecule has 2 N–H and O–H groups in total. The summed E-state index contributed by atoms with van der Waals surface area (Å²) in [5.41, 5.74) is 1.59. The molecule has 0 spiro atoms. The van der Waals surface area contributed by atoms with Gasteiger partial charge in [-0.3, -0.25) is 19.0 Å². The number of fused-ring (bicyclic) bond motifs is 1. The van der Waals surface area contributed by atoms with Gasteiger partial charge in [-0.25, -0.2) is 4.98 Å². The van der Waals surface area contributed by atoms with Crippen LogP contribution < -0.4 is 10.9 Å². The molecule has 0 aliphatic heterocycles. The first-order valence-electron chi connectivity index (χ1n) is 8.17. The van der Waals surface area contributed by atoms with Crippen LogP contribution in [0, 0.1) is 0 Å². The third-order valence-corrected chi connectivity index (χ3v) is 4.19. The highest BCUT2D eigenvalue weighted by atomic mass is 35.5. The maximum Gasteiger partial charge on any atom is 0.303 e. The van der Waals surface area contributed by atoms with Gasteiger partial charge < -0.3 is 10.4 Å². The van der Waals surface area contributed by atoms with E-state index in [1.165, 1.54) is 10.9 Å². The van der Waals surface area contributed by atoms with E-state index < -0.39 is 11.9 Å². The van der Waals surface area contributed by atoms with Crippen LogP contribution in [-0.4, -0.2) is 26.5 Å². The number of halogens is 1. The fourth-order valence-corrected chi connectivity index (χ4v) is 2.71. The van der Waals surface area contributed by atoms with Crippen molar-refractivity contribution in [2.24, 2.45) is 0 Å². The van der Waals surface area contributed by atoms with E-state index in [1.54, 1.807) is 30.3 Å². The lowest BCUT2D eigenvalue weighted by Crippen LogP contribution is -2.21. The molecule has 8 heteroatoms. The van der Waals surface area contributed by atoms with Crippen molar-refractivity contribution >= 4 is 40.1 Å². The standard InChI is InChI=1S/C19H16ClN3O4/c20-13-3-1-12(2-4-13)10-23-11-21-16-6-5-14(9-15(16)19(23)27)22-17(24)7-8-18(25)26/h1-6,9,11H,7-8,10H2,(H,22,24)(H,25,26). The van der Waals surface area contributed by atoms with Gasteiger partial charge in [0.25, 0.3) is 5.56 Å². The first kappa shape index (κ1) is 18.6. The smallest absolute Gasteiger partial charge is 0.303 e. The van der Waals surface area contributed by atoms with Crippen LogP contribution in [0.4, 0.5) is 5.69 Å². The fourth-order valence-electron chi connectivity index (χ4n) is 2.58. The Morgan fingerprint density at radius 2 is 1.85 bits per heavy atom. The van der Waals surface area contributed by atoms with Crippen LogP contribution in [-0.2, 0) is 16.1 Å². The van der Waals surface area contributed by atoms with Crippen LogP contribution in [0.5, 0.6) is 0 Å². The van der Waals surface area contributed by atoms with Crippen molar-refractivity contribution in [1.29, 1.82) is 0 Å². The molecule has 7 nitrogen and oxygen atoms in total. The number of aliphatic carboxylic acids is 1. The van der Waals surface area contributed by atoms with Gasteiger partial charge in [0, 0.05) is 17.1 Å². The van der Waals surface area contributed by atoms with Gasteiger partial charge in [-0.2, -0.15) is 0 Å². The third kappa shape index (κ3) is 4.71. The summed E-state index contributed by atoms with van der Waals surface area (Å²) in [5, 5.41) is 12.2. The second-order valence-electron chi connectivity index (χ2n) is 5.98. The number of benzene rings is 2. The molecule has 0 unspecified atom stereocenters. The van der Waals surface area contributed by atoms with Gasteiger partial charge in [0.05, 0.1) is 30.2 Å². The van der Waals surface area contributed by atoms with Gasteiger partial charge in [-0.05, 0) is 35.9 Å². The van der Waals surface area contributed by atoms with E-state index in [2.05, 4.69) is 10.3 Å². The number of carboxylic acid groups (broad SMARTS) is 1. The summed E-state index contributed by atoms with van der Waals surface area (Å²) in [6.45, 7) is 0.341. The number of rotatable bonds is 6. The van der Waals surface area contributed by atoms with E-state index in [0.29, 0.717) is 28.2 Å². The molecule has 1 aromatic heterocycles. The molecular formula is C19H16ClN3O4. The zero-order chi connectivity index (χ0) is 19.4. The lowest BCUT2D eigenvalue weighted by molar-refractivity contribution is -0.138. The summed E-state index contributed by atoms with van der Waals surface area (Å²) < 4.78 is 1.47. The first-order chi connectivity index (χ1) is 12.9. The molecule has 1 heterocycles. The Morgan fingerprint density at radius 1 is 1.11 bits per heavy atom. The minimum atomic E-state index is -1.04. The first-order valence-corrected chi connectivity index (χ1v) is 8.55. The Bertz CT molecular complexity index is 1060. The van der Waals surface area contributed by atoms with Crippen molar-refractivity contribution in [1.82, 2.24) is 9.55 Å². The highest BCUT2D eigenvalue weighted by Gasteiger charge is 2.09. The zero-order valence-electron chi connectivity index (χ0n) is 14.2. The molecule has 3 rings (SSSR count). The number of nitrogens with zero attached hydrogens (tertiary/aromatic N) is 2. The van der Waals surface area contributed by atoms with E-state index >= 15 is 0 Å². The van der Waals surface area contributed by atoms with Crippen LogP contribution in [0.2, 0.25) is 5.02 Å². The number of amides is 1. The Hall–Kier alpha value is -3.19. The average Bonchev–Trinajstić information content (AvgIpc) is 2.64. The second kappa shape index (κ2) is 8.01. The van der Waals surface area contributed by atoms with Crippen molar-refractivity contribution in [3.63, 3.8) is 0 Å². The van der Waals surface area contributed by atoms with Crippen molar-refractivity contribution in [2.75, 3.05) is 5.32 Å². The molecule has 0 fully saturated rings. The molecular weight excluding hydrogens is 370 g/mol. The molecule has 0 saturated heterocycles. The van der Waals surface area contributed by atoms with Gasteiger partial charge in [-0.15, -0.1) is 0 Å². The molecule has 0 saturated carbocycles. The largest absolute Gasteiger partial charge is 0.481 e. The molecule has 2 aromatic carbocycles. The topological polar surface area (TPSA) is 101 Å². The van der Waals surface area contributed by atoms with Gasteiger partial charge >= 0.3 is 5.97 Å². The molecule has 0 atom stereocenters. The van der Waals surface area contributed by atoms with Gasteiger partial charge in [0.2, 0.25) is 5.91 Å². The van der Waals surface area contributed by atoms with Crippen LogP contribution in [0.15, 0.2) is 53.6 Å². The summed E-state index contributed by atoms with van der Waals surface area (Å²) in [6.07, 6.45) is 1.08. The Kier molecular flexibility index (Phi) is 5.52. The Labute approximate surface area is 159 Å². The number of carbonyl (C=O) groups is 2. The maximum atomic E-state index is 12.8. The highest BCUT2D eigenvalue weighted by Crippen LogP contribution is 2.16. The average molecular weight is 386 g/mol. The van der Waals surface area contributed by atoms with Gasteiger partial charge in [-0.1, -0.05) is 23.7 Å². The van der Waals surface area contributed by atoms with Crippen molar-refractivity contribution in [3.05, 3.63) is 69.7 Å². The van der Waals surface area contributed by atoms with E-state index in [0.717, 1.165) is 5.56 Å². The van der Waals surface area contributed by atoms with E-state index in [9.17, 15) is 14.4 Å². The summed E-state index contributed by atoms with van der Waals surface area (Å²) in [5.74, 6) is -1.47. The molecule has 27 heavy (non-hydrogen) atoms. The monoisotopic (exact) mass is 385 g/mol. The summed E-state index contributed by atoms with van der Waals surface area (Å²) >= 11 is 5.87. The predicted molar refractivity (Wildman–Crippen MR) is 102 cm³/mol. The highest BCUT2D eigenvalue weighted by molar-refractivity contribution is 6.30. The van der Waals surface area contributed by atoms with Gasteiger partial charge in [0.1, 0.15) is 0 Å².